The van der Waals surface area contributed by atoms with Crippen molar-refractivity contribution in [3.63, 3.8) is 0 Å². The minimum absolute atomic E-state index is 0. The number of aliphatic carboxylic acids is 1. The normalized spacial score (nSPS) is 9.77. The number of hydrogen-bond acceptors (Lipinski definition) is 4. The van der Waals surface area contributed by atoms with Crippen molar-refractivity contribution in [2.75, 3.05) is 0 Å². The van der Waals surface area contributed by atoms with Crippen LogP contribution in [0.1, 0.15) is 197 Å². The molecule has 0 aliphatic carbocycles. The summed E-state index contributed by atoms with van der Waals surface area (Å²) in [7, 11) is 0. The maximum absolute atomic E-state index is 10.3. The number of rotatable bonds is 24. The van der Waals surface area contributed by atoms with Gasteiger partial charge in [0.15, 0.2) is 0 Å². The van der Waals surface area contributed by atoms with Crippen LogP contribution in [0.2, 0.25) is 0 Å². The molecule has 4 nitrogen and oxygen atoms in total. The van der Waals surface area contributed by atoms with E-state index < -0.39 is 11.9 Å². The van der Waals surface area contributed by atoms with Crippen LogP contribution in [0.3, 0.4) is 0 Å². The van der Waals surface area contributed by atoms with Gasteiger partial charge in [0.1, 0.15) is 0 Å². The van der Waals surface area contributed by atoms with Crippen LogP contribution in [0.5, 0.6) is 0 Å². The van der Waals surface area contributed by atoms with Gasteiger partial charge in [-0.1, -0.05) is 207 Å². The quantitative estimate of drug-likeness (QED) is 0.0786. The van der Waals surface area contributed by atoms with E-state index >= 15 is 0 Å². The summed E-state index contributed by atoms with van der Waals surface area (Å²) < 4.78 is 0. The van der Waals surface area contributed by atoms with Crippen LogP contribution in [0.25, 0.3) is 0 Å². The van der Waals surface area contributed by atoms with Crippen LogP contribution in [0.15, 0.2) is 24.3 Å². The minimum atomic E-state index is -1.11. The fourth-order valence-corrected chi connectivity index (χ4v) is 4.33. The van der Waals surface area contributed by atoms with E-state index in [4.69, 9.17) is 0 Å². The molecule has 44 heavy (non-hydrogen) atoms. The third kappa shape index (κ3) is 45.4. The Labute approximate surface area is 291 Å². The van der Waals surface area contributed by atoms with Gasteiger partial charge in [0.25, 0.3) is 0 Å². The average Bonchev–Trinajstić information content (AvgIpc) is 3.00. The van der Waals surface area contributed by atoms with E-state index in [9.17, 15) is 19.8 Å². The monoisotopic (exact) mass is 722 g/mol. The Balaban J connectivity index is -0.000000341. The predicted octanol–water partition coefficient (Wildman–Crippen LogP) is 10.2. The molecule has 0 unspecified atom stereocenters. The Morgan fingerprint density at radius 2 is 0.841 bits per heavy atom. The van der Waals surface area contributed by atoms with E-state index in [1.165, 1.54) is 134 Å². The number of carbonyl (C=O) groups is 2. The Morgan fingerprint density at radius 1 is 0.545 bits per heavy atom. The van der Waals surface area contributed by atoms with Crippen molar-refractivity contribution in [1.82, 2.24) is 0 Å². The number of carboxylic acid groups (broad SMARTS) is 2. The van der Waals surface area contributed by atoms with Gasteiger partial charge in [0.2, 0.25) is 0 Å². The summed E-state index contributed by atoms with van der Waals surface area (Å²) in [5.74, 6) is -2.01. The number of carboxylic acids is 2. The molecule has 0 saturated heterocycles. The molecule has 0 N–H and O–H groups in total. The van der Waals surface area contributed by atoms with E-state index in [1.807, 2.05) is 0 Å². The molecule has 0 bridgehead atoms. The molecule has 0 saturated carbocycles. The second-order valence-corrected chi connectivity index (χ2v) is 11.6. The zero-order chi connectivity index (χ0) is 32.8. The van der Waals surface area contributed by atoms with Crippen molar-refractivity contribution >= 4 is 35.8 Å². The molecule has 0 spiro atoms. The van der Waals surface area contributed by atoms with Gasteiger partial charge in [-0.15, -0.1) is 0 Å². The van der Waals surface area contributed by atoms with Gasteiger partial charge in [-0.2, -0.15) is 0 Å². The third-order valence-electron chi connectivity index (χ3n) is 7.31. The largest absolute Gasteiger partial charge is 2.00 e. The van der Waals surface area contributed by atoms with Gasteiger partial charge in [-0.3, -0.25) is 0 Å². The van der Waals surface area contributed by atoms with Crippen LogP contribution in [-0.2, 0) is 4.79 Å². The predicted molar refractivity (Wildman–Crippen MR) is 189 cm³/mol. The van der Waals surface area contributed by atoms with Crippen LogP contribution in [-0.4, -0.2) is 35.8 Å². The van der Waals surface area contributed by atoms with Crippen LogP contribution in [0.4, 0.5) is 0 Å². The molecule has 1 aromatic rings. The number of aromatic carboxylic acids is 1. The molecular formula is C39H70O4Sn. The van der Waals surface area contributed by atoms with E-state index in [1.54, 1.807) is 25.1 Å². The van der Waals surface area contributed by atoms with Crippen molar-refractivity contribution in [2.45, 2.75) is 188 Å². The first kappa shape index (κ1) is 49.8. The van der Waals surface area contributed by atoms with Crippen molar-refractivity contribution in [2.24, 2.45) is 0 Å². The summed E-state index contributed by atoms with van der Waals surface area (Å²) in [6, 6.07) is 6.75. The molecule has 0 fully saturated rings. The fraction of sp³-hybridized carbons (Fsp3) is 0.744. The fourth-order valence-electron chi connectivity index (χ4n) is 4.33. The molecule has 4 radical (unpaired) electrons. The van der Waals surface area contributed by atoms with Crippen LogP contribution < -0.4 is 10.2 Å². The van der Waals surface area contributed by atoms with E-state index in [2.05, 4.69) is 34.6 Å². The molecule has 254 valence electrons. The number of benzene rings is 1. The third-order valence-corrected chi connectivity index (χ3v) is 7.31. The molecule has 1 rings (SSSR count). The van der Waals surface area contributed by atoms with Crippen molar-refractivity contribution in [1.29, 1.82) is 0 Å². The van der Waals surface area contributed by atoms with Crippen molar-refractivity contribution in [3.8, 4) is 0 Å². The smallest absolute Gasteiger partial charge is 0.550 e. The maximum atomic E-state index is 10.3. The Bertz CT molecular complexity index is 684. The van der Waals surface area contributed by atoms with Gasteiger partial charge in [-0.25, -0.2) is 0 Å². The number of unbranched alkanes of at least 4 members (excludes halogenated alkanes) is 21. The zero-order valence-corrected chi connectivity index (χ0v) is 32.4. The van der Waals surface area contributed by atoms with Gasteiger partial charge in [-0.05, 0) is 25.3 Å². The van der Waals surface area contributed by atoms with Gasteiger partial charge in [0, 0.05) is 11.5 Å². The Kier molecular flexibility index (Phi) is 49.9. The van der Waals surface area contributed by atoms with Gasteiger partial charge in [0.05, 0.1) is 5.97 Å². The summed E-state index contributed by atoms with van der Waals surface area (Å²) in [6.07, 6.45) is 31.8. The van der Waals surface area contributed by atoms with Gasteiger partial charge >= 0.3 is 23.9 Å². The molecule has 0 amide bonds. The molecule has 5 heteroatoms. The Morgan fingerprint density at radius 3 is 1.07 bits per heavy atom. The van der Waals surface area contributed by atoms with Crippen molar-refractivity contribution in [3.05, 3.63) is 49.2 Å². The van der Waals surface area contributed by atoms with Crippen molar-refractivity contribution < 1.29 is 19.8 Å². The topological polar surface area (TPSA) is 80.3 Å². The molecule has 0 aliphatic rings. The maximum Gasteiger partial charge on any atom is 2.00 e. The van der Waals surface area contributed by atoms with E-state index in [0.29, 0.717) is 0 Å². The SMILES string of the molecule is CCCCCCCCCCCCCCCCCCCCCCC(=O)[O-].Cc1ccccc1C(=O)[O-].[CH2]CCC.[CH2]CCC.[Sn+2]. The molecule has 0 aliphatic heterocycles. The second-order valence-electron chi connectivity index (χ2n) is 11.6. The Hall–Kier alpha value is -1.04. The van der Waals surface area contributed by atoms with Crippen LogP contribution in [0, 0.1) is 20.8 Å². The number of aryl methyl sites for hydroxylation is 1. The number of carbonyl (C=O) groups excluding carboxylic acids is 2. The first-order valence-electron chi connectivity index (χ1n) is 17.9. The summed E-state index contributed by atoms with van der Waals surface area (Å²) >= 11 is 0. The molecule has 0 aromatic heterocycles. The van der Waals surface area contributed by atoms with Gasteiger partial charge < -0.3 is 19.8 Å². The van der Waals surface area contributed by atoms with E-state index in [-0.39, 0.29) is 35.9 Å². The first-order valence-corrected chi connectivity index (χ1v) is 17.9. The second kappa shape index (κ2) is 44.1. The minimum Gasteiger partial charge on any atom is -0.550 e. The summed E-state index contributed by atoms with van der Waals surface area (Å²) in [6.45, 7) is 15.5. The van der Waals surface area contributed by atoms with Crippen LogP contribution >= 0.6 is 0 Å². The number of hydrogen-bond donors (Lipinski definition) is 0. The zero-order valence-electron chi connectivity index (χ0n) is 29.5. The standard InChI is InChI=1S/C23H46O2.C8H8O2.2C4H9.Sn/c1-2-3-4-5-6-7-8-9-10-11-12-13-14-15-16-17-18-19-20-21-22-23(24)25;1-6-4-2-3-5-7(6)8(9)10;2*1-3-4-2;/h2-22H2,1H3,(H,24,25);2-5H,1H3,(H,9,10);2*1,3-4H2,2H3;/q;;;;+2/p-2. The van der Waals surface area contributed by atoms with E-state index in [0.717, 1.165) is 31.2 Å². The summed E-state index contributed by atoms with van der Waals surface area (Å²) in [5.41, 5.74) is 1.00. The summed E-state index contributed by atoms with van der Waals surface area (Å²) in [5, 5.41) is 20.6. The average molecular weight is 722 g/mol. The molecule has 0 heterocycles. The molecule has 0 atom stereocenters. The summed E-state index contributed by atoms with van der Waals surface area (Å²) in [4.78, 5) is 20.6. The molecule has 1 aromatic carbocycles. The first-order chi connectivity index (χ1) is 20.8. The molecular weight excluding hydrogens is 651 g/mol.